The van der Waals surface area contributed by atoms with Gasteiger partial charge in [0.2, 0.25) is 5.91 Å². The van der Waals surface area contributed by atoms with Gasteiger partial charge in [-0.15, -0.1) is 0 Å². The molecule has 0 radical (unpaired) electrons. The summed E-state index contributed by atoms with van der Waals surface area (Å²) in [6.45, 7) is 9.56. The Balaban J connectivity index is 1.55. The summed E-state index contributed by atoms with van der Waals surface area (Å²) in [7, 11) is 1.68. The second kappa shape index (κ2) is 12.4. The van der Waals surface area contributed by atoms with E-state index in [0.29, 0.717) is 12.3 Å². The molecule has 0 bridgehead atoms. The number of ether oxygens (including phenoxy) is 2. The molecule has 6 nitrogen and oxygen atoms in total. The topological polar surface area (TPSA) is 54.4 Å². The summed E-state index contributed by atoms with van der Waals surface area (Å²) in [5, 5.41) is 0. The van der Waals surface area contributed by atoms with Gasteiger partial charge in [-0.25, -0.2) is 0 Å². The van der Waals surface area contributed by atoms with Crippen LogP contribution in [0, 0.1) is 0 Å². The van der Waals surface area contributed by atoms with E-state index in [1.165, 1.54) is 24.6 Å². The Kier molecular flexibility index (Phi) is 8.82. The van der Waals surface area contributed by atoms with E-state index in [1.807, 2.05) is 29.2 Å². The molecule has 1 saturated heterocycles. The van der Waals surface area contributed by atoms with E-state index in [2.05, 4.69) is 47.3 Å². The number of benzene rings is 2. The number of anilines is 1. The molecule has 36 heavy (non-hydrogen) atoms. The van der Waals surface area contributed by atoms with Gasteiger partial charge in [0.1, 0.15) is 0 Å². The third kappa shape index (κ3) is 6.36. The van der Waals surface area contributed by atoms with E-state index >= 15 is 0 Å². The van der Waals surface area contributed by atoms with Crippen LogP contribution in [0.3, 0.4) is 0 Å². The van der Waals surface area contributed by atoms with Gasteiger partial charge in [-0.05, 0) is 55.9 Å². The average Bonchev–Trinajstić information content (AvgIpc) is 3.42. The van der Waals surface area contributed by atoms with Gasteiger partial charge in [0.25, 0.3) is 0 Å². The number of allylic oxidation sites excluding steroid dienone is 1. The van der Waals surface area contributed by atoms with E-state index in [-0.39, 0.29) is 24.5 Å². The van der Waals surface area contributed by atoms with Gasteiger partial charge in [0.15, 0.2) is 11.5 Å². The third-order valence-electron chi connectivity index (χ3n) is 7.05. The summed E-state index contributed by atoms with van der Waals surface area (Å²) in [6.07, 6.45) is 8.97. The monoisotopic (exact) mass is 487 g/mol. The summed E-state index contributed by atoms with van der Waals surface area (Å²) in [6, 6.07) is 16.6. The predicted octanol–water partition coefficient (Wildman–Crippen LogP) is 5.44. The van der Waals surface area contributed by atoms with E-state index < -0.39 is 0 Å². The maximum absolute atomic E-state index is 13.3. The van der Waals surface area contributed by atoms with Gasteiger partial charge in [0, 0.05) is 43.3 Å². The van der Waals surface area contributed by atoms with Crippen LogP contribution in [0.2, 0.25) is 0 Å². The highest BCUT2D eigenvalue weighted by atomic mass is 16.5. The fraction of sp³-hybridized carbons (Fsp3) is 0.400. The molecule has 4 rings (SSSR count). The third-order valence-corrected chi connectivity index (χ3v) is 7.05. The number of carbonyl (C=O) groups is 1. The molecule has 2 aromatic rings. The molecule has 1 saturated carbocycles. The van der Waals surface area contributed by atoms with Crippen LogP contribution in [0.15, 0.2) is 79.0 Å². The molecule has 0 aromatic heterocycles. The Hall–Kier alpha value is -3.54. The molecular weight excluding hydrogens is 450 g/mol. The molecule has 2 aromatic carbocycles. The lowest BCUT2D eigenvalue weighted by Gasteiger charge is -2.43. The van der Waals surface area contributed by atoms with Gasteiger partial charge >= 0.3 is 0 Å². The molecule has 0 N–H and O–H groups in total. The van der Waals surface area contributed by atoms with Gasteiger partial charge in [-0.1, -0.05) is 43.5 Å². The first kappa shape index (κ1) is 25.5. The van der Waals surface area contributed by atoms with Crippen molar-refractivity contribution < 1.29 is 14.3 Å². The highest BCUT2D eigenvalue weighted by Gasteiger charge is 2.31. The van der Waals surface area contributed by atoms with E-state index in [0.717, 1.165) is 49.5 Å². The lowest BCUT2D eigenvalue weighted by Crippen LogP contribution is -2.56. The Morgan fingerprint density at radius 2 is 1.86 bits per heavy atom. The Labute approximate surface area is 214 Å². The predicted molar refractivity (Wildman–Crippen MR) is 146 cm³/mol. The molecule has 190 valence electrons. The molecule has 1 aliphatic carbocycles. The van der Waals surface area contributed by atoms with E-state index in [9.17, 15) is 4.79 Å². The molecule has 0 unspecified atom stereocenters. The minimum absolute atomic E-state index is 0.0322. The molecule has 1 atom stereocenters. The molecule has 1 aliphatic heterocycles. The van der Waals surface area contributed by atoms with E-state index in [4.69, 9.17) is 9.47 Å². The Morgan fingerprint density at radius 3 is 2.56 bits per heavy atom. The van der Waals surface area contributed by atoms with Crippen molar-refractivity contribution in [3.63, 3.8) is 0 Å². The van der Waals surface area contributed by atoms with Crippen LogP contribution in [0.1, 0.15) is 37.7 Å². The number of rotatable bonds is 10. The number of aliphatic imine (C=N–C) groups is 1. The maximum Gasteiger partial charge on any atom is 0.228 e. The first-order valence-corrected chi connectivity index (χ1v) is 12.8. The van der Waals surface area contributed by atoms with Crippen LogP contribution < -0.4 is 14.4 Å². The zero-order valence-corrected chi connectivity index (χ0v) is 21.3. The number of nitrogens with zero attached hydrogens (tertiary/aromatic N) is 3. The zero-order chi connectivity index (χ0) is 25.3. The molecule has 6 heteroatoms. The second-order valence-electron chi connectivity index (χ2n) is 9.42. The van der Waals surface area contributed by atoms with Crippen molar-refractivity contribution in [1.29, 1.82) is 0 Å². The molecular formula is C30H37N3O3. The van der Waals surface area contributed by atoms with E-state index in [1.54, 1.807) is 13.2 Å². The smallest absolute Gasteiger partial charge is 0.228 e. The summed E-state index contributed by atoms with van der Waals surface area (Å²) in [4.78, 5) is 21.9. The Bertz CT molecular complexity index is 1080. The van der Waals surface area contributed by atoms with Crippen molar-refractivity contribution in [3.8, 4) is 11.5 Å². The van der Waals surface area contributed by atoms with Crippen molar-refractivity contribution in [2.45, 2.75) is 50.7 Å². The largest absolute Gasteiger partial charge is 0.493 e. The highest BCUT2D eigenvalue weighted by Crippen LogP contribution is 2.36. The van der Waals surface area contributed by atoms with Crippen LogP contribution in [-0.2, 0) is 11.2 Å². The van der Waals surface area contributed by atoms with Crippen molar-refractivity contribution in [3.05, 3.63) is 79.5 Å². The highest BCUT2D eigenvalue weighted by molar-refractivity contribution is 6.07. The number of hydrogen-bond donors (Lipinski definition) is 0. The fourth-order valence-corrected chi connectivity index (χ4v) is 5.16. The molecule has 1 heterocycles. The SMILES string of the molecule is C=CN=C(C=C)CC(=O)N1CCN(c2ccc(OC)c(OC3CCCC3)c2)C[C@@H]1Cc1ccccc1. The van der Waals surface area contributed by atoms with Crippen LogP contribution in [0.25, 0.3) is 0 Å². The first-order chi connectivity index (χ1) is 17.6. The van der Waals surface area contributed by atoms with Gasteiger partial charge in [-0.2, -0.15) is 0 Å². The summed E-state index contributed by atoms with van der Waals surface area (Å²) in [5.74, 6) is 1.63. The summed E-state index contributed by atoms with van der Waals surface area (Å²) >= 11 is 0. The molecule has 2 aliphatic rings. The second-order valence-corrected chi connectivity index (χ2v) is 9.42. The maximum atomic E-state index is 13.3. The number of piperazine rings is 1. The number of amides is 1. The van der Waals surface area contributed by atoms with Crippen molar-refractivity contribution in [2.75, 3.05) is 31.6 Å². The number of hydrogen-bond acceptors (Lipinski definition) is 5. The fourth-order valence-electron chi connectivity index (χ4n) is 5.16. The van der Waals surface area contributed by atoms with Gasteiger partial charge in [-0.3, -0.25) is 9.79 Å². The van der Waals surface area contributed by atoms with Crippen LogP contribution >= 0.6 is 0 Å². The normalized spacial score (nSPS) is 18.7. The molecule has 0 spiro atoms. The first-order valence-electron chi connectivity index (χ1n) is 12.8. The minimum Gasteiger partial charge on any atom is -0.493 e. The van der Waals surface area contributed by atoms with Crippen LogP contribution in [-0.4, -0.2) is 55.4 Å². The Morgan fingerprint density at radius 1 is 1.08 bits per heavy atom. The quantitative estimate of drug-likeness (QED) is 0.419. The lowest BCUT2D eigenvalue weighted by atomic mass is 10.0. The summed E-state index contributed by atoms with van der Waals surface area (Å²) in [5.41, 5.74) is 2.94. The molecule has 2 fully saturated rings. The van der Waals surface area contributed by atoms with Gasteiger partial charge < -0.3 is 19.3 Å². The number of carbonyl (C=O) groups excluding carboxylic acids is 1. The lowest BCUT2D eigenvalue weighted by molar-refractivity contribution is -0.132. The van der Waals surface area contributed by atoms with Gasteiger partial charge in [0.05, 0.1) is 25.7 Å². The van der Waals surface area contributed by atoms with Crippen LogP contribution in [0.4, 0.5) is 5.69 Å². The van der Waals surface area contributed by atoms with Crippen molar-refractivity contribution in [1.82, 2.24) is 4.90 Å². The van der Waals surface area contributed by atoms with Crippen LogP contribution in [0.5, 0.6) is 11.5 Å². The van der Waals surface area contributed by atoms with Crippen molar-refractivity contribution in [2.24, 2.45) is 4.99 Å². The summed E-state index contributed by atoms with van der Waals surface area (Å²) < 4.78 is 11.9. The average molecular weight is 488 g/mol. The van der Waals surface area contributed by atoms with Crippen molar-refractivity contribution >= 4 is 17.3 Å². The molecule has 1 amide bonds. The number of methoxy groups -OCH3 is 1. The minimum atomic E-state index is 0.0322. The zero-order valence-electron chi connectivity index (χ0n) is 21.3. The standard InChI is InChI=1S/C30H37N3O3/c1-4-24(31-5-2)20-30(34)33-18-17-32(22-26(33)19-23-11-7-6-8-12-23)25-15-16-28(35-3)29(21-25)36-27-13-9-10-14-27/h4-8,11-12,15-16,21,26-27H,1-2,9-10,13-14,17-20,22H2,3H3/t26-/m0/s1.